The van der Waals surface area contributed by atoms with E-state index in [0.717, 1.165) is 28.7 Å². The van der Waals surface area contributed by atoms with E-state index in [1.54, 1.807) is 0 Å². The van der Waals surface area contributed by atoms with E-state index in [1.165, 1.54) is 114 Å². The second-order valence-electron chi connectivity index (χ2n) is 30.1. The van der Waals surface area contributed by atoms with Crippen molar-refractivity contribution in [1.82, 2.24) is 0 Å². The Labute approximate surface area is 446 Å². The van der Waals surface area contributed by atoms with Gasteiger partial charge in [-0.3, -0.25) is 0 Å². The van der Waals surface area contributed by atoms with Crippen molar-refractivity contribution in [1.29, 1.82) is 0 Å². The Balaban J connectivity index is 1.28. The highest BCUT2D eigenvalue weighted by Gasteiger charge is 2.49. The summed E-state index contributed by atoms with van der Waals surface area (Å²) in [6.07, 6.45) is 4.69. The van der Waals surface area contributed by atoms with E-state index in [4.69, 9.17) is 4.42 Å². The normalized spacial score (nSPS) is 18.4. The summed E-state index contributed by atoms with van der Waals surface area (Å²) in [5.41, 5.74) is 25.5. The van der Waals surface area contributed by atoms with Crippen LogP contribution in [0.4, 0.5) is 34.1 Å². The maximum atomic E-state index is 7.58. The third kappa shape index (κ3) is 7.95. The van der Waals surface area contributed by atoms with Crippen LogP contribution < -0.4 is 26.4 Å². The fraction of sp³-hybridized carbons (Fsp3) is 0.457. The van der Waals surface area contributed by atoms with Crippen molar-refractivity contribution in [3.05, 3.63) is 148 Å². The number of furan rings is 1. The third-order valence-corrected chi connectivity index (χ3v) is 18.6. The lowest BCUT2D eigenvalue weighted by Crippen LogP contribution is -2.61. The molecule has 0 spiro atoms. The van der Waals surface area contributed by atoms with Gasteiger partial charge in [0.15, 0.2) is 0 Å². The summed E-state index contributed by atoms with van der Waals surface area (Å²) in [7, 11) is 0. The van der Waals surface area contributed by atoms with Gasteiger partial charge in [0.1, 0.15) is 5.58 Å². The Morgan fingerprint density at radius 3 is 1.47 bits per heavy atom. The molecule has 3 nitrogen and oxygen atoms in total. The number of hydrogen-bond donors (Lipinski definition) is 0. The van der Waals surface area contributed by atoms with Crippen LogP contribution in [0.25, 0.3) is 22.1 Å². The van der Waals surface area contributed by atoms with Crippen molar-refractivity contribution in [2.45, 2.75) is 207 Å². The van der Waals surface area contributed by atoms with Gasteiger partial charge in [-0.15, -0.1) is 0 Å². The standard InChI is InChI=1S/C70H85BN2O/c1-63(2,3)43-24-30-55(49(36-43)42-21-27-50-52(35-42)69(17,18)33-31-67(50,13)14)73-56-37-44(64(4,5)6)23-29-54(56)71-60-57(38-46(39-58(60)73)66(10,11)12)72(47-25-28-51-53(41-47)70(19,20)34-32-68(51,15)16)61-48-26-22-45(65(7,8)9)40-59(48)74-62(61)71/h21-30,35-41H,31-34H2,1-20H3. The molecule has 0 unspecified atom stereocenters. The topological polar surface area (TPSA) is 19.6 Å². The molecule has 3 heterocycles. The van der Waals surface area contributed by atoms with Gasteiger partial charge in [-0.2, -0.15) is 0 Å². The predicted octanol–water partition coefficient (Wildman–Crippen LogP) is 18.1. The minimum Gasteiger partial charge on any atom is -0.468 e. The first kappa shape index (κ1) is 50.7. The fourth-order valence-electron chi connectivity index (χ4n) is 13.3. The molecule has 1 aromatic heterocycles. The highest BCUT2D eigenvalue weighted by atomic mass is 16.3. The maximum absolute atomic E-state index is 7.58. The molecule has 0 atom stereocenters. The largest absolute Gasteiger partial charge is 0.468 e. The van der Waals surface area contributed by atoms with Gasteiger partial charge >= 0.3 is 0 Å². The molecule has 0 fully saturated rings. The van der Waals surface area contributed by atoms with Gasteiger partial charge in [0.05, 0.1) is 17.0 Å². The molecule has 0 saturated heterocycles. The van der Waals surface area contributed by atoms with Crippen molar-refractivity contribution in [2.75, 3.05) is 9.80 Å². The van der Waals surface area contributed by atoms with Gasteiger partial charge in [-0.1, -0.05) is 187 Å². The zero-order valence-electron chi connectivity index (χ0n) is 49.0. The van der Waals surface area contributed by atoms with Gasteiger partial charge in [-0.05, 0) is 185 Å². The summed E-state index contributed by atoms with van der Waals surface area (Å²) in [5.74, 6) is 0. The molecule has 0 saturated carbocycles. The molecule has 0 bridgehead atoms. The van der Waals surface area contributed by atoms with Crippen LogP contribution in [0, 0.1) is 0 Å². The molecule has 4 heteroatoms. The summed E-state index contributed by atoms with van der Waals surface area (Å²) in [4.78, 5) is 5.32. The van der Waals surface area contributed by atoms with Gasteiger partial charge in [0.25, 0.3) is 6.71 Å². The van der Waals surface area contributed by atoms with Gasteiger partial charge in [-0.25, -0.2) is 0 Å². The molecule has 74 heavy (non-hydrogen) atoms. The number of nitrogens with zero attached hydrogens (tertiary/aromatic N) is 2. The summed E-state index contributed by atoms with van der Waals surface area (Å²) in [6, 6.07) is 41.9. The van der Waals surface area contributed by atoms with Crippen molar-refractivity contribution in [3.8, 4) is 11.1 Å². The van der Waals surface area contributed by atoms with E-state index >= 15 is 0 Å². The van der Waals surface area contributed by atoms with Gasteiger partial charge < -0.3 is 14.2 Å². The first-order valence-corrected chi connectivity index (χ1v) is 28.1. The van der Waals surface area contributed by atoms with E-state index in [9.17, 15) is 0 Å². The monoisotopic (exact) mass is 981 g/mol. The van der Waals surface area contributed by atoms with Crippen LogP contribution in [0.15, 0.2) is 108 Å². The predicted molar refractivity (Wildman–Crippen MR) is 321 cm³/mol. The van der Waals surface area contributed by atoms with Crippen molar-refractivity contribution in [2.24, 2.45) is 0 Å². The van der Waals surface area contributed by atoms with Crippen LogP contribution in [0.1, 0.15) is 209 Å². The number of rotatable bonds is 3. The molecule has 0 amide bonds. The van der Waals surface area contributed by atoms with Crippen LogP contribution in [0.3, 0.4) is 0 Å². The van der Waals surface area contributed by atoms with Crippen LogP contribution in [0.2, 0.25) is 0 Å². The van der Waals surface area contributed by atoms with E-state index in [2.05, 4.69) is 251 Å². The van der Waals surface area contributed by atoms with Gasteiger partial charge in [0, 0.05) is 33.7 Å². The molecule has 0 N–H and O–H groups in total. The number of anilines is 6. The second kappa shape index (κ2) is 16.0. The molecule has 384 valence electrons. The Hall–Kier alpha value is -5.48. The zero-order chi connectivity index (χ0) is 53.4. The van der Waals surface area contributed by atoms with E-state index in [1.807, 2.05) is 0 Å². The lowest BCUT2D eigenvalue weighted by molar-refractivity contribution is 0.332. The molecule has 0 radical (unpaired) electrons. The number of benzene rings is 6. The number of fused-ring (bicyclic) bond motifs is 8. The molecule has 4 aliphatic rings. The maximum Gasteiger partial charge on any atom is 0.297 e. The Kier molecular flexibility index (Phi) is 11.0. The van der Waals surface area contributed by atoms with Crippen LogP contribution in [0.5, 0.6) is 0 Å². The minimum absolute atomic E-state index is 0.0343. The Bertz CT molecular complexity index is 3450. The Morgan fingerprint density at radius 2 is 0.892 bits per heavy atom. The molecule has 11 rings (SSSR count). The zero-order valence-corrected chi connectivity index (χ0v) is 49.0. The summed E-state index contributed by atoms with van der Waals surface area (Å²) < 4.78 is 7.58. The van der Waals surface area contributed by atoms with E-state index < -0.39 is 0 Å². The first-order valence-electron chi connectivity index (χ1n) is 28.1. The van der Waals surface area contributed by atoms with E-state index in [-0.39, 0.29) is 50.0 Å². The summed E-state index contributed by atoms with van der Waals surface area (Å²) in [6.45, 7) is 47.7. The first-order chi connectivity index (χ1) is 34.2. The van der Waals surface area contributed by atoms with Gasteiger partial charge in [0.2, 0.25) is 0 Å². The lowest BCUT2D eigenvalue weighted by Gasteiger charge is -2.45. The van der Waals surface area contributed by atoms with Crippen LogP contribution >= 0.6 is 0 Å². The third-order valence-electron chi connectivity index (χ3n) is 18.6. The summed E-state index contributed by atoms with van der Waals surface area (Å²) >= 11 is 0. The highest BCUT2D eigenvalue weighted by Crippen LogP contribution is 2.54. The fourth-order valence-corrected chi connectivity index (χ4v) is 13.3. The average Bonchev–Trinajstić information content (AvgIpc) is 3.69. The smallest absolute Gasteiger partial charge is 0.297 e. The Morgan fingerprint density at radius 1 is 0.419 bits per heavy atom. The quantitative estimate of drug-likeness (QED) is 0.165. The summed E-state index contributed by atoms with van der Waals surface area (Å²) in [5, 5.41) is 1.16. The molecule has 2 aliphatic heterocycles. The highest BCUT2D eigenvalue weighted by molar-refractivity contribution is 7.00. The molecular formula is C70H85BN2O. The van der Waals surface area contributed by atoms with Crippen molar-refractivity contribution in [3.63, 3.8) is 0 Å². The molecule has 2 aliphatic carbocycles. The minimum atomic E-state index is -0.163. The average molecular weight is 981 g/mol. The lowest BCUT2D eigenvalue weighted by atomic mass is 9.35. The number of hydrogen-bond acceptors (Lipinski definition) is 3. The SMILES string of the molecule is CC(C)(C)c1ccc(N2c3cc(C(C)(C)C)ccc3B3c4oc5cc(C(C)(C)C)ccc5c4N(c4ccc5c(c4)C(C)(C)CCC5(C)C)c4cc(C(C)(C)C)cc2c43)c(-c2ccc3c(c2)C(C)(C)CCC3(C)C)c1. The van der Waals surface area contributed by atoms with Crippen molar-refractivity contribution >= 4 is 68.4 Å². The molecular weight excluding hydrogens is 896 g/mol. The molecule has 6 aromatic carbocycles. The van der Waals surface area contributed by atoms with Crippen LogP contribution in [-0.4, -0.2) is 6.71 Å². The van der Waals surface area contributed by atoms with Crippen molar-refractivity contribution < 1.29 is 4.42 Å². The molecule has 7 aromatic rings. The van der Waals surface area contributed by atoms with E-state index in [0.29, 0.717) is 0 Å². The second-order valence-corrected chi connectivity index (χ2v) is 30.1. The van der Waals surface area contributed by atoms with Crippen LogP contribution in [-0.2, 0) is 43.3 Å².